The first-order valence-electron chi connectivity index (χ1n) is 5.66. The summed E-state index contributed by atoms with van der Waals surface area (Å²) in [4.78, 5) is 15.9. The number of hydrogen-bond donors (Lipinski definition) is 2. The molecular formula is C12H14N4O. The molecule has 0 saturated heterocycles. The lowest BCUT2D eigenvalue weighted by Crippen LogP contribution is -2.42. The maximum absolute atomic E-state index is 11.7. The second-order valence-electron chi connectivity index (χ2n) is 4.57. The van der Waals surface area contributed by atoms with E-state index >= 15 is 0 Å². The fourth-order valence-corrected chi connectivity index (χ4v) is 1.78. The number of nitrogens with one attached hydrogen (secondary N) is 1. The third kappa shape index (κ3) is 1.89. The van der Waals surface area contributed by atoms with E-state index in [4.69, 9.17) is 5.73 Å². The molecule has 0 atom stereocenters. The van der Waals surface area contributed by atoms with E-state index in [9.17, 15) is 4.79 Å². The topological polar surface area (TPSA) is 72.4 Å². The lowest BCUT2D eigenvalue weighted by Gasteiger charge is -2.10. The van der Waals surface area contributed by atoms with Gasteiger partial charge in [0.25, 0.3) is 0 Å². The van der Waals surface area contributed by atoms with E-state index in [1.165, 1.54) is 0 Å². The molecule has 1 saturated carbocycles. The Bertz CT molecular complexity index is 571. The minimum Gasteiger partial charge on any atom is -0.350 e. The van der Waals surface area contributed by atoms with Gasteiger partial charge in [0.05, 0.1) is 5.54 Å². The molecular weight excluding hydrogens is 216 g/mol. The summed E-state index contributed by atoms with van der Waals surface area (Å²) in [5.41, 5.74) is 7.11. The maximum Gasteiger partial charge on any atom is 0.240 e. The van der Waals surface area contributed by atoms with Gasteiger partial charge in [-0.3, -0.25) is 4.79 Å². The van der Waals surface area contributed by atoms with Crippen molar-refractivity contribution in [3.8, 4) is 0 Å². The number of fused-ring (bicyclic) bond motifs is 1. The van der Waals surface area contributed by atoms with E-state index in [2.05, 4.69) is 10.3 Å². The molecule has 2 heterocycles. The summed E-state index contributed by atoms with van der Waals surface area (Å²) in [6, 6.07) is 3.92. The summed E-state index contributed by atoms with van der Waals surface area (Å²) < 4.78 is 1.93. The predicted molar refractivity (Wildman–Crippen MR) is 63.2 cm³/mol. The summed E-state index contributed by atoms with van der Waals surface area (Å²) in [6.07, 6.45) is 7.14. The molecule has 1 aliphatic carbocycles. The fraction of sp³-hybridized carbons (Fsp3) is 0.333. The number of aromatic nitrogens is 2. The van der Waals surface area contributed by atoms with Crippen LogP contribution >= 0.6 is 0 Å². The van der Waals surface area contributed by atoms with Crippen LogP contribution < -0.4 is 11.1 Å². The summed E-state index contributed by atoms with van der Waals surface area (Å²) in [5.74, 6) is -0.0549. The average molecular weight is 230 g/mol. The Hall–Kier alpha value is -1.88. The van der Waals surface area contributed by atoms with Crippen molar-refractivity contribution in [3.63, 3.8) is 0 Å². The second-order valence-corrected chi connectivity index (χ2v) is 4.57. The van der Waals surface area contributed by atoms with Crippen LogP contribution in [-0.4, -0.2) is 20.8 Å². The first-order chi connectivity index (χ1) is 8.17. The van der Waals surface area contributed by atoms with Crippen LogP contribution in [0.15, 0.2) is 30.7 Å². The summed E-state index contributed by atoms with van der Waals surface area (Å²) in [6.45, 7) is 0.501. The number of nitrogens with zero attached hydrogens (tertiary/aromatic N) is 2. The molecule has 3 N–H and O–H groups in total. The van der Waals surface area contributed by atoms with Crippen molar-refractivity contribution in [2.24, 2.45) is 5.73 Å². The van der Waals surface area contributed by atoms with E-state index in [1.807, 2.05) is 28.9 Å². The first kappa shape index (κ1) is 10.3. The highest BCUT2D eigenvalue weighted by Crippen LogP contribution is 2.32. The van der Waals surface area contributed by atoms with Crippen molar-refractivity contribution in [3.05, 3.63) is 36.3 Å². The van der Waals surface area contributed by atoms with Gasteiger partial charge in [0.15, 0.2) is 0 Å². The fourth-order valence-electron chi connectivity index (χ4n) is 1.78. The highest BCUT2D eigenvalue weighted by atomic mass is 16.2. The van der Waals surface area contributed by atoms with Crippen molar-refractivity contribution in [2.75, 3.05) is 0 Å². The molecule has 3 rings (SSSR count). The molecule has 5 nitrogen and oxygen atoms in total. The van der Waals surface area contributed by atoms with Gasteiger partial charge in [-0.05, 0) is 30.5 Å². The lowest BCUT2D eigenvalue weighted by atomic mass is 10.2. The van der Waals surface area contributed by atoms with E-state index < -0.39 is 5.54 Å². The summed E-state index contributed by atoms with van der Waals surface area (Å²) in [5, 5.41) is 2.86. The largest absolute Gasteiger partial charge is 0.350 e. The van der Waals surface area contributed by atoms with Crippen LogP contribution in [0.3, 0.4) is 0 Å². The Morgan fingerprint density at radius 1 is 1.53 bits per heavy atom. The monoisotopic (exact) mass is 230 g/mol. The van der Waals surface area contributed by atoms with Gasteiger partial charge in [-0.1, -0.05) is 0 Å². The molecule has 1 amide bonds. The number of rotatable bonds is 3. The van der Waals surface area contributed by atoms with Crippen molar-refractivity contribution >= 4 is 11.6 Å². The Morgan fingerprint density at radius 2 is 2.35 bits per heavy atom. The molecule has 1 fully saturated rings. The van der Waals surface area contributed by atoms with Gasteiger partial charge < -0.3 is 15.5 Å². The molecule has 17 heavy (non-hydrogen) atoms. The number of pyridine rings is 1. The number of hydrogen-bond acceptors (Lipinski definition) is 3. The Kier molecular flexibility index (Phi) is 2.16. The van der Waals surface area contributed by atoms with Gasteiger partial charge in [-0.2, -0.15) is 0 Å². The minimum atomic E-state index is -0.600. The standard InChI is InChI=1S/C12H14N4O/c13-12(2-3-12)11(17)15-8-9-1-5-16-6-4-14-10(16)7-9/h1,4-7H,2-3,8,13H2,(H,15,17). The van der Waals surface area contributed by atoms with Gasteiger partial charge in [0.1, 0.15) is 5.65 Å². The molecule has 2 aromatic heterocycles. The molecule has 0 spiro atoms. The van der Waals surface area contributed by atoms with Crippen LogP contribution in [-0.2, 0) is 11.3 Å². The number of imidazole rings is 1. The van der Waals surface area contributed by atoms with E-state index in [0.717, 1.165) is 24.1 Å². The Balaban J connectivity index is 1.70. The van der Waals surface area contributed by atoms with E-state index in [-0.39, 0.29) is 5.91 Å². The van der Waals surface area contributed by atoms with E-state index in [0.29, 0.717) is 6.54 Å². The SMILES string of the molecule is NC1(C(=O)NCc2ccn3ccnc3c2)CC1. The van der Waals surface area contributed by atoms with Gasteiger partial charge in [0, 0.05) is 25.1 Å². The van der Waals surface area contributed by atoms with Gasteiger partial charge in [-0.25, -0.2) is 4.98 Å². The molecule has 0 bridgehead atoms. The van der Waals surface area contributed by atoms with Crippen molar-refractivity contribution in [2.45, 2.75) is 24.9 Å². The quantitative estimate of drug-likeness (QED) is 0.803. The second kappa shape index (κ2) is 3.56. The zero-order valence-corrected chi connectivity index (χ0v) is 9.39. The minimum absolute atomic E-state index is 0.0549. The number of carbonyl (C=O) groups excluding carboxylic acids is 1. The molecule has 2 aromatic rings. The zero-order valence-electron chi connectivity index (χ0n) is 9.39. The number of nitrogens with two attached hydrogens (primary N) is 1. The van der Waals surface area contributed by atoms with Crippen molar-refractivity contribution < 1.29 is 4.79 Å². The van der Waals surface area contributed by atoms with Crippen LogP contribution in [0.4, 0.5) is 0 Å². The van der Waals surface area contributed by atoms with Crippen LogP contribution in [0, 0.1) is 0 Å². The first-order valence-corrected chi connectivity index (χ1v) is 5.66. The number of amides is 1. The van der Waals surface area contributed by atoms with Gasteiger partial charge >= 0.3 is 0 Å². The zero-order chi connectivity index (χ0) is 11.9. The lowest BCUT2D eigenvalue weighted by molar-refractivity contribution is -0.123. The van der Waals surface area contributed by atoms with Crippen LogP contribution in [0.25, 0.3) is 5.65 Å². The molecule has 5 heteroatoms. The Labute approximate surface area is 98.6 Å². The van der Waals surface area contributed by atoms with Crippen LogP contribution in [0.2, 0.25) is 0 Å². The third-order valence-electron chi connectivity index (χ3n) is 3.16. The van der Waals surface area contributed by atoms with Crippen LogP contribution in [0.1, 0.15) is 18.4 Å². The highest BCUT2D eigenvalue weighted by molar-refractivity contribution is 5.88. The molecule has 0 aliphatic heterocycles. The summed E-state index contributed by atoms with van der Waals surface area (Å²) in [7, 11) is 0. The number of carbonyl (C=O) groups is 1. The smallest absolute Gasteiger partial charge is 0.240 e. The normalized spacial score (nSPS) is 17.0. The molecule has 0 aromatic carbocycles. The molecule has 0 unspecified atom stereocenters. The summed E-state index contributed by atoms with van der Waals surface area (Å²) >= 11 is 0. The van der Waals surface area contributed by atoms with Gasteiger partial charge in [-0.15, -0.1) is 0 Å². The van der Waals surface area contributed by atoms with Crippen molar-refractivity contribution in [1.82, 2.24) is 14.7 Å². The molecule has 1 aliphatic rings. The highest BCUT2D eigenvalue weighted by Gasteiger charge is 2.45. The third-order valence-corrected chi connectivity index (χ3v) is 3.16. The predicted octanol–water partition coefficient (Wildman–Crippen LogP) is 0.442. The average Bonchev–Trinajstić information content (AvgIpc) is 2.93. The molecule has 0 radical (unpaired) electrons. The van der Waals surface area contributed by atoms with E-state index in [1.54, 1.807) is 6.20 Å². The van der Waals surface area contributed by atoms with Crippen LogP contribution in [0.5, 0.6) is 0 Å². The Morgan fingerprint density at radius 3 is 3.12 bits per heavy atom. The maximum atomic E-state index is 11.7. The molecule has 88 valence electrons. The van der Waals surface area contributed by atoms with Crippen molar-refractivity contribution in [1.29, 1.82) is 0 Å². The van der Waals surface area contributed by atoms with Gasteiger partial charge in [0.2, 0.25) is 5.91 Å².